The number of anilines is 1. The topological polar surface area (TPSA) is 67.8 Å². The van der Waals surface area contributed by atoms with Gasteiger partial charge in [-0.1, -0.05) is 59.9 Å². The van der Waals surface area contributed by atoms with Crippen LogP contribution in [-0.4, -0.2) is 35.2 Å². The van der Waals surface area contributed by atoms with Gasteiger partial charge in [-0.25, -0.2) is 4.79 Å². The van der Waals surface area contributed by atoms with Gasteiger partial charge in [0.25, 0.3) is 5.91 Å². The highest BCUT2D eigenvalue weighted by molar-refractivity contribution is 8.38. The predicted octanol–water partition coefficient (Wildman–Crippen LogP) is 4.13. The molecule has 0 bridgehead atoms. The van der Waals surface area contributed by atoms with Crippen molar-refractivity contribution in [1.29, 1.82) is 0 Å². The molecule has 0 spiro atoms. The van der Waals surface area contributed by atoms with E-state index in [2.05, 4.69) is 10.3 Å². The van der Waals surface area contributed by atoms with Crippen LogP contribution in [0.1, 0.15) is 21.5 Å². The predicted molar refractivity (Wildman–Crippen MR) is 113 cm³/mol. The molecule has 1 heterocycles. The van der Waals surface area contributed by atoms with Crippen LogP contribution in [0.3, 0.4) is 0 Å². The Bertz CT molecular complexity index is 868. The van der Waals surface area contributed by atoms with Gasteiger partial charge in [-0.3, -0.25) is 9.79 Å². The summed E-state index contributed by atoms with van der Waals surface area (Å²) >= 11 is 3.36. The number of esters is 1. The van der Waals surface area contributed by atoms with Crippen molar-refractivity contribution in [3.8, 4) is 0 Å². The van der Waals surface area contributed by atoms with Crippen LogP contribution in [0.5, 0.6) is 0 Å². The maximum atomic E-state index is 12.4. The lowest BCUT2D eigenvalue weighted by Gasteiger charge is -2.11. The number of aryl methyl sites for hydroxylation is 1. The molecule has 0 radical (unpaired) electrons. The van der Waals surface area contributed by atoms with E-state index in [1.54, 1.807) is 35.7 Å². The van der Waals surface area contributed by atoms with Gasteiger partial charge in [-0.15, -0.1) is 0 Å². The zero-order chi connectivity index (χ0) is 19.1. The van der Waals surface area contributed by atoms with Crippen LogP contribution in [0.2, 0.25) is 0 Å². The van der Waals surface area contributed by atoms with Gasteiger partial charge in [0.2, 0.25) is 0 Å². The van der Waals surface area contributed by atoms with Crippen molar-refractivity contribution in [2.45, 2.75) is 12.7 Å². The molecule has 5 nitrogen and oxygen atoms in total. The van der Waals surface area contributed by atoms with Gasteiger partial charge in [-0.2, -0.15) is 0 Å². The van der Waals surface area contributed by atoms with Gasteiger partial charge in [0.05, 0.1) is 12.1 Å². The number of hydrogen-bond donors (Lipinski definition) is 1. The molecule has 1 amide bonds. The number of ether oxygens (including phenoxy) is 1. The largest absolute Gasteiger partial charge is 0.452 e. The molecule has 2 aromatic carbocycles. The molecule has 3 rings (SSSR count). The minimum absolute atomic E-state index is 0.322. The van der Waals surface area contributed by atoms with Crippen LogP contribution in [0.15, 0.2) is 53.5 Å². The fourth-order valence-corrected chi connectivity index (χ4v) is 4.51. The first kappa shape index (κ1) is 19.5. The van der Waals surface area contributed by atoms with Crippen LogP contribution < -0.4 is 5.32 Å². The van der Waals surface area contributed by atoms with Gasteiger partial charge in [0.1, 0.15) is 4.38 Å². The highest BCUT2D eigenvalue weighted by Crippen LogP contribution is 2.26. The van der Waals surface area contributed by atoms with E-state index in [9.17, 15) is 9.59 Å². The molecule has 140 valence electrons. The maximum absolute atomic E-state index is 12.4. The first-order valence-corrected chi connectivity index (χ1v) is 10.5. The number of benzene rings is 2. The van der Waals surface area contributed by atoms with E-state index < -0.39 is 5.97 Å². The van der Waals surface area contributed by atoms with Crippen LogP contribution >= 0.6 is 23.5 Å². The molecule has 0 aromatic heterocycles. The van der Waals surface area contributed by atoms with E-state index in [1.165, 1.54) is 0 Å². The number of nitrogens with one attached hydrogen (secondary N) is 1. The summed E-state index contributed by atoms with van der Waals surface area (Å²) in [6, 6.07) is 14.8. The van der Waals surface area contributed by atoms with E-state index in [-0.39, 0.29) is 12.5 Å². The number of aliphatic imine (C=N–C) groups is 1. The second-order valence-electron chi connectivity index (χ2n) is 5.88. The molecule has 0 atom stereocenters. The van der Waals surface area contributed by atoms with Gasteiger partial charge in [0.15, 0.2) is 6.61 Å². The molecule has 2 aromatic rings. The Balaban J connectivity index is 1.56. The molecule has 0 aliphatic carbocycles. The van der Waals surface area contributed by atoms with Gasteiger partial charge >= 0.3 is 5.97 Å². The van der Waals surface area contributed by atoms with Gasteiger partial charge in [0, 0.05) is 17.2 Å². The normalized spacial score (nSPS) is 13.1. The molecule has 0 fully saturated rings. The third kappa shape index (κ3) is 5.61. The average molecular weight is 401 g/mol. The minimum atomic E-state index is -0.493. The smallest absolute Gasteiger partial charge is 0.338 e. The van der Waals surface area contributed by atoms with E-state index in [4.69, 9.17) is 4.74 Å². The molecule has 1 aliphatic rings. The fraction of sp³-hybridized carbons (Fsp3) is 0.250. The Labute approximate surface area is 167 Å². The lowest BCUT2D eigenvalue weighted by Crippen LogP contribution is -2.21. The molecular weight excluding hydrogens is 380 g/mol. The third-order valence-corrected chi connectivity index (χ3v) is 6.20. The molecule has 1 N–H and O–H groups in total. The lowest BCUT2D eigenvalue weighted by molar-refractivity contribution is -0.119. The molecule has 1 aliphatic heterocycles. The fourth-order valence-electron chi connectivity index (χ4n) is 2.50. The van der Waals surface area contributed by atoms with Crippen LogP contribution in [-0.2, 0) is 15.3 Å². The van der Waals surface area contributed by atoms with Gasteiger partial charge in [-0.05, 0) is 30.2 Å². The van der Waals surface area contributed by atoms with Crippen molar-refractivity contribution in [3.63, 3.8) is 0 Å². The van der Waals surface area contributed by atoms with Crippen LogP contribution in [0.25, 0.3) is 0 Å². The van der Waals surface area contributed by atoms with Gasteiger partial charge < -0.3 is 10.1 Å². The number of nitrogens with zero attached hydrogens (tertiary/aromatic N) is 1. The highest BCUT2D eigenvalue weighted by atomic mass is 32.2. The Morgan fingerprint density at radius 1 is 1.19 bits per heavy atom. The van der Waals surface area contributed by atoms with Crippen LogP contribution in [0.4, 0.5) is 5.69 Å². The number of carbonyl (C=O) groups excluding carboxylic acids is 2. The lowest BCUT2D eigenvalue weighted by atomic mass is 10.1. The van der Waals surface area contributed by atoms with E-state index in [1.807, 2.05) is 43.3 Å². The third-order valence-electron chi connectivity index (χ3n) is 3.90. The van der Waals surface area contributed by atoms with Crippen molar-refractivity contribution in [2.75, 3.05) is 24.2 Å². The highest BCUT2D eigenvalue weighted by Gasteiger charge is 2.16. The summed E-state index contributed by atoms with van der Waals surface area (Å²) in [7, 11) is 0. The summed E-state index contributed by atoms with van der Waals surface area (Å²) < 4.78 is 6.27. The summed E-state index contributed by atoms with van der Waals surface area (Å²) in [6.07, 6.45) is 0. The Morgan fingerprint density at radius 3 is 2.74 bits per heavy atom. The summed E-state index contributed by atoms with van der Waals surface area (Å²) in [5.74, 6) is 0.808. The molecular formula is C20H20N2O3S2. The summed E-state index contributed by atoms with van der Waals surface area (Å²) in [6.45, 7) is 2.44. The molecule has 0 saturated heterocycles. The van der Waals surface area contributed by atoms with Crippen LogP contribution in [0, 0.1) is 6.92 Å². The quantitative estimate of drug-likeness (QED) is 0.739. The number of carbonyl (C=O) groups is 2. The van der Waals surface area contributed by atoms with Crippen molar-refractivity contribution >= 4 is 45.5 Å². The zero-order valence-corrected chi connectivity index (χ0v) is 16.6. The monoisotopic (exact) mass is 400 g/mol. The average Bonchev–Trinajstić information content (AvgIpc) is 3.20. The number of para-hydroxylation sites is 1. The molecule has 0 unspecified atom stereocenters. The number of hydrogen-bond acceptors (Lipinski definition) is 6. The number of thioether (sulfide) groups is 2. The SMILES string of the molecule is Cc1ccccc1NC(=O)COC(=O)c1ccccc1CSC1=NCCS1. The van der Waals surface area contributed by atoms with E-state index in [0.717, 1.165) is 27.8 Å². The second-order valence-corrected chi connectivity index (χ2v) is 8.19. The van der Waals surface area contributed by atoms with Crippen molar-refractivity contribution < 1.29 is 14.3 Å². The Kier molecular flexibility index (Phi) is 6.95. The first-order chi connectivity index (χ1) is 13.1. The second kappa shape index (κ2) is 9.62. The maximum Gasteiger partial charge on any atom is 0.338 e. The number of rotatable bonds is 6. The van der Waals surface area contributed by atoms with E-state index >= 15 is 0 Å². The summed E-state index contributed by atoms with van der Waals surface area (Å²) in [5.41, 5.74) is 3.02. The zero-order valence-electron chi connectivity index (χ0n) is 14.9. The Hall–Kier alpha value is -2.25. The minimum Gasteiger partial charge on any atom is -0.452 e. The first-order valence-electron chi connectivity index (χ1n) is 8.54. The number of amides is 1. The standard InChI is InChI=1S/C20H20N2O3S2/c1-14-6-2-5-9-17(14)22-18(23)12-25-19(24)16-8-4-3-7-15(16)13-27-20-21-10-11-26-20/h2-9H,10-13H2,1H3,(H,22,23). The Morgan fingerprint density at radius 2 is 1.96 bits per heavy atom. The summed E-state index contributed by atoms with van der Waals surface area (Å²) in [4.78, 5) is 28.9. The van der Waals surface area contributed by atoms with Crippen molar-refractivity contribution in [3.05, 3.63) is 65.2 Å². The summed E-state index contributed by atoms with van der Waals surface area (Å²) in [5, 5.41) is 2.76. The molecule has 27 heavy (non-hydrogen) atoms. The van der Waals surface area contributed by atoms with Crippen molar-refractivity contribution in [1.82, 2.24) is 0 Å². The van der Waals surface area contributed by atoms with Crippen molar-refractivity contribution in [2.24, 2.45) is 4.99 Å². The van der Waals surface area contributed by atoms with E-state index in [0.29, 0.717) is 17.0 Å². The molecule has 7 heteroatoms. The molecule has 0 saturated carbocycles.